The number of carbonyl (C=O) groups is 1. The highest BCUT2D eigenvalue weighted by Crippen LogP contribution is 2.17. The van der Waals surface area contributed by atoms with Crippen molar-refractivity contribution >= 4 is 5.91 Å². The van der Waals surface area contributed by atoms with Crippen molar-refractivity contribution in [3.8, 4) is 5.75 Å². The lowest BCUT2D eigenvalue weighted by Gasteiger charge is -2.32. The minimum atomic E-state index is -4.40. The predicted octanol–water partition coefficient (Wildman–Crippen LogP) is -0.815. The molecule has 5 nitrogen and oxygen atoms in total. The van der Waals surface area contributed by atoms with Gasteiger partial charge in [-0.05, 0) is 25.1 Å². The molecule has 146 valence electrons. The molecule has 1 saturated heterocycles. The molecule has 1 fully saturated rings. The summed E-state index contributed by atoms with van der Waals surface area (Å²) in [5.41, 5.74) is 0.859. The standard InChI is InChI=1S/C17H23F4N3O2/c1-12(16(25)22-11-17(19,20)21)24-7-5-23(6-8-24)10-13-3-4-15(26-2)14(18)9-13/h3-4,9,12H,5-8,10-11H2,1-2H3,(H,22,25)/p+2/t12-/m1/s1. The van der Waals surface area contributed by atoms with E-state index < -0.39 is 30.5 Å². The number of ether oxygens (including phenoxy) is 1. The van der Waals surface area contributed by atoms with Gasteiger partial charge in [0.15, 0.2) is 17.6 Å². The fraction of sp³-hybridized carbons (Fsp3) is 0.588. The molecule has 1 heterocycles. The van der Waals surface area contributed by atoms with Gasteiger partial charge in [-0.2, -0.15) is 13.2 Å². The van der Waals surface area contributed by atoms with Crippen LogP contribution in [-0.4, -0.2) is 58.0 Å². The number of benzene rings is 1. The first-order valence-electron chi connectivity index (χ1n) is 8.54. The minimum Gasteiger partial charge on any atom is -0.494 e. The Balaban J connectivity index is 1.81. The summed E-state index contributed by atoms with van der Waals surface area (Å²) >= 11 is 0. The monoisotopic (exact) mass is 379 g/mol. The van der Waals surface area contributed by atoms with Crippen molar-refractivity contribution in [1.29, 1.82) is 0 Å². The molecule has 0 aliphatic carbocycles. The van der Waals surface area contributed by atoms with Crippen LogP contribution in [0.2, 0.25) is 0 Å². The first-order chi connectivity index (χ1) is 12.2. The molecule has 0 radical (unpaired) electrons. The van der Waals surface area contributed by atoms with Crippen molar-refractivity contribution < 1.29 is 36.9 Å². The molecule has 1 amide bonds. The van der Waals surface area contributed by atoms with Crippen LogP contribution in [0.1, 0.15) is 12.5 Å². The zero-order chi connectivity index (χ0) is 19.3. The molecule has 26 heavy (non-hydrogen) atoms. The SMILES string of the molecule is COc1ccc(C[NH+]2CC[NH+]([C@H](C)C(=O)NCC(F)(F)F)CC2)cc1F. The normalized spacial score (nSPS) is 21.9. The largest absolute Gasteiger partial charge is 0.494 e. The van der Waals surface area contributed by atoms with Crippen LogP contribution in [0.15, 0.2) is 18.2 Å². The number of piperazine rings is 1. The topological polar surface area (TPSA) is 47.2 Å². The number of rotatable bonds is 6. The highest BCUT2D eigenvalue weighted by molar-refractivity contribution is 5.79. The molecule has 1 aromatic carbocycles. The van der Waals surface area contributed by atoms with Crippen LogP contribution in [0.25, 0.3) is 0 Å². The molecule has 0 unspecified atom stereocenters. The predicted molar refractivity (Wildman–Crippen MR) is 86.6 cm³/mol. The minimum absolute atomic E-state index is 0.205. The van der Waals surface area contributed by atoms with Crippen LogP contribution in [0.3, 0.4) is 0 Å². The summed E-state index contributed by atoms with van der Waals surface area (Å²) in [7, 11) is 1.41. The average molecular weight is 379 g/mol. The molecule has 9 heteroatoms. The summed E-state index contributed by atoms with van der Waals surface area (Å²) in [6, 6.07) is 4.34. The molecule has 1 atom stereocenters. The molecule has 0 bridgehead atoms. The van der Waals surface area contributed by atoms with Crippen LogP contribution >= 0.6 is 0 Å². The summed E-state index contributed by atoms with van der Waals surface area (Å²) in [5.74, 6) is -0.779. The van der Waals surface area contributed by atoms with Gasteiger partial charge in [0.25, 0.3) is 5.91 Å². The van der Waals surface area contributed by atoms with E-state index in [0.717, 1.165) is 23.6 Å². The van der Waals surface area contributed by atoms with Crippen LogP contribution in [0.4, 0.5) is 17.6 Å². The maximum atomic E-state index is 13.8. The molecular weight excluding hydrogens is 354 g/mol. The number of hydrogen-bond donors (Lipinski definition) is 3. The van der Waals surface area contributed by atoms with Gasteiger partial charge in [0, 0.05) is 5.56 Å². The Hall–Kier alpha value is -1.87. The highest BCUT2D eigenvalue weighted by atomic mass is 19.4. The van der Waals surface area contributed by atoms with Crippen LogP contribution in [0, 0.1) is 5.82 Å². The zero-order valence-electron chi connectivity index (χ0n) is 14.9. The van der Waals surface area contributed by atoms with Crippen molar-refractivity contribution in [2.75, 3.05) is 39.8 Å². The lowest BCUT2D eigenvalue weighted by Crippen LogP contribution is -3.29. The first kappa shape index (κ1) is 20.4. The Kier molecular flexibility index (Phi) is 6.82. The van der Waals surface area contributed by atoms with Crippen molar-refractivity contribution in [3.05, 3.63) is 29.6 Å². The van der Waals surface area contributed by atoms with Gasteiger partial charge in [0.05, 0.1) is 7.11 Å². The van der Waals surface area contributed by atoms with Gasteiger partial charge in [-0.15, -0.1) is 0 Å². The van der Waals surface area contributed by atoms with E-state index in [1.807, 2.05) is 11.4 Å². The van der Waals surface area contributed by atoms with Gasteiger partial charge in [-0.25, -0.2) is 4.39 Å². The number of carbonyl (C=O) groups excluding carboxylic acids is 1. The summed E-state index contributed by atoms with van der Waals surface area (Å²) in [5, 5.41) is 1.94. The molecule has 1 aliphatic heterocycles. The Morgan fingerprint density at radius 3 is 2.46 bits per heavy atom. The van der Waals surface area contributed by atoms with Gasteiger partial charge in [-0.3, -0.25) is 4.79 Å². The molecule has 1 aliphatic rings. The van der Waals surface area contributed by atoms with E-state index >= 15 is 0 Å². The third kappa shape index (κ3) is 5.84. The third-order valence-corrected chi connectivity index (χ3v) is 4.74. The van der Waals surface area contributed by atoms with Gasteiger partial charge in [-0.1, -0.05) is 0 Å². The number of amides is 1. The number of methoxy groups -OCH3 is 1. The summed E-state index contributed by atoms with van der Waals surface area (Å²) in [4.78, 5) is 14.1. The van der Waals surface area contributed by atoms with Gasteiger partial charge >= 0.3 is 6.18 Å². The zero-order valence-corrected chi connectivity index (χ0v) is 14.9. The molecule has 1 aromatic rings. The van der Waals surface area contributed by atoms with E-state index in [4.69, 9.17) is 4.74 Å². The second-order valence-electron chi connectivity index (χ2n) is 6.61. The third-order valence-electron chi connectivity index (χ3n) is 4.74. The molecule has 0 saturated carbocycles. The second-order valence-corrected chi connectivity index (χ2v) is 6.61. The second kappa shape index (κ2) is 8.68. The molecular formula is C17H25F4N3O2+2. The number of nitrogens with one attached hydrogen (secondary N) is 3. The Morgan fingerprint density at radius 2 is 1.92 bits per heavy atom. The van der Waals surface area contributed by atoms with Crippen molar-refractivity contribution in [2.45, 2.75) is 25.7 Å². The lowest BCUT2D eigenvalue weighted by atomic mass is 10.1. The quantitative estimate of drug-likeness (QED) is 0.566. The Bertz CT molecular complexity index is 617. The van der Waals surface area contributed by atoms with Gasteiger partial charge < -0.3 is 19.9 Å². The fourth-order valence-electron chi connectivity index (χ4n) is 3.17. The fourth-order valence-corrected chi connectivity index (χ4v) is 3.17. The Morgan fingerprint density at radius 1 is 1.27 bits per heavy atom. The van der Waals surface area contributed by atoms with Gasteiger partial charge in [0.1, 0.15) is 39.3 Å². The van der Waals surface area contributed by atoms with Crippen LogP contribution in [0.5, 0.6) is 5.75 Å². The van der Waals surface area contributed by atoms with Gasteiger partial charge in [0.2, 0.25) is 0 Å². The van der Waals surface area contributed by atoms with Crippen LogP contribution < -0.4 is 19.9 Å². The Labute approximate surface area is 149 Å². The number of alkyl halides is 3. The maximum absolute atomic E-state index is 13.8. The van der Waals surface area contributed by atoms with E-state index in [-0.39, 0.29) is 5.75 Å². The van der Waals surface area contributed by atoms with E-state index in [2.05, 4.69) is 0 Å². The smallest absolute Gasteiger partial charge is 0.405 e. The van der Waals surface area contributed by atoms with Crippen molar-refractivity contribution in [3.63, 3.8) is 0 Å². The summed E-state index contributed by atoms with van der Waals surface area (Å²) < 4.78 is 55.2. The highest BCUT2D eigenvalue weighted by Gasteiger charge is 2.34. The maximum Gasteiger partial charge on any atom is 0.405 e. The molecule has 0 aromatic heterocycles. The number of halogens is 4. The van der Waals surface area contributed by atoms with Crippen molar-refractivity contribution in [1.82, 2.24) is 5.32 Å². The van der Waals surface area contributed by atoms with Crippen LogP contribution in [-0.2, 0) is 11.3 Å². The molecule has 0 spiro atoms. The van der Waals surface area contributed by atoms with Crippen molar-refractivity contribution in [2.24, 2.45) is 0 Å². The average Bonchev–Trinajstić information content (AvgIpc) is 2.59. The molecule has 2 rings (SSSR count). The molecule has 3 N–H and O–H groups in total. The van der Waals surface area contributed by atoms with E-state index in [1.54, 1.807) is 13.0 Å². The number of quaternary nitrogens is 2. The lowest BCUT2D eigenvalue weighted by molar-refractivity contribution is -1.02. The van der Waals surface area contributed by atoms with E-state index in [1.165, 1.54) is 18.1 Å². The summed E-state index contributed by atoms with van der Waals surface area (Å²) in [6.07, 6.45) is -4.40. The summed E-state index contributed by atoms with van der Waals surface area (Å²) in [6.45, 7) is 3.88. The van der Waals surface area contributed by atoms with E-state index in [9.17, 15) is 22.4 Å². The number of hydrogen-bond acceptors (Lipinski definition) is 2. The first-order valence-corrected chi connectivity index (χ1v) is 8.54. The van der Waals surface area contributed by atoms with E-state index in [0.29, 0.717) is 19.6 Å².